The zero-order valence-electron chi connectivity index (χ0n) is 11.0. The van der Waals surface area contributed by atoms with Crippen LogP contribution in [-0.4, -0.2) is 45.2 Å². The summed E-state index contributed by atoms with van der Waals surface area (Å²) in [5.74, 6) is -0.342. The van der Waals surface area contributed by atoms with Crippen LogP contribution in [0.15, 0.2) is 18.2 Å². The SMILES string of the molecule is CNCCN(C)Cc1cc(C(=O)OC)ccc1Cl. The number of ether oxygens (including phenoxy) is 1. The summed E-state index contributed by atoms with van der Waals surface area (Å²) in [4.78, 5) is 13.6. The van der Waals surface area contributed by atoms with Crippen molar-refractivity contribution in [2.24, 2.45) is 0 Å². The molecule has 0 saturated carbocycles. The molecule has 0 atom stereocenters. The molecule has 100 valence electrons. The van der Waals surface area contributed by atoms with Crippen LogP contribution in [0.2, 0.25) is 5.02 Å². The molecule has 0 radical (unpaired) electrons. The molecule has 0 saturated heterocycles. The topological polar surface area (TPSA) is 41.6 Å². The smallest absolute Gasteiger partial charge is 0.337 e. The van der Waals surface area contributed by atoms with Gasteiger partial charge in [0.25, 0.3) is 0 Å². The number of hydrogen-bond acceptors (Lipinski definition) is 4. The highest BCUT2D eigenvalue weighted by Gasteiger charge is 2.10. The summed E-state index contributed by atoms with van der Waals surface area (Å²) in [7, 11) is 5.30. The fourth-order valence-electron chi connectivity index (χ4n) is 1.61. The van der Waals surface area contributed by atoms with E-state index in [2.05, 4.69) is 10.2 Å². The van der Waals surface area contributed by atoms with E-state index < -0.39 is 0 Å². The Labute approximate surface area is 113 Å². The van der Waals surface area contributed by atoms with E-state index in [1.165, 1.54) is 7.11 Å². The molecule has 0 bridgehead atoms. The van der Waals surface area contributed by atoms with Crippen molar-refractivity contribution in [2.45, 2.75) is 6.54 Å². The molecular weight excluding hydrogens is 252 g/mol. The average molecular weight is 271 g/mol. The number of esters is 1. The standard InChI is InChI=1S/C13H19ClN2O2/c1-15-6-7-16(2)9-11-8-10(13(17)18-3)4-5-12(11)14/h4-5,8,15H,6-7,9H2,1-3H3. The highest BCUT2D eigenvalue weighted by atomic mass is 35.5. The van der Waals surface area contributed by atoms with Crippen LogP contribution in [0.25, 0.3) is 0 Å². The number of methoxy groups -OCH3 is 1. The van der Waals surface area contributed by atoms with E-state index >= 15 is 0 Å². The average Bonchev–Trinajstić information content (AvgIpc) is 2.38. The third-order valence-electron chi connectivity index (χ3n) is 2.65. The number of rotatable bonds is 6. The summed E-state index contributed by atoms with van der Waals surface area (Å²) in [5, 5.41) is 3.75. The van der Waals surface area contributed by atoms with Gasteiger partial charge in [-0.05, 0) is 37.9 Å². The Morgan fingerprint density at radius 1 is 1.50 bits per heavy atom. The summed E-state index contributed by atoms with van der Waals surface area (Å²) in [6.45, 7) is 2.52. The molecule has 0 unspecified atom stereocenters. The Hall–Kier alpha value is -1.10. The van der Waals surface area contributed by atoms with Crippen molar-refractivity contribution >= 4 is 17.6 Å². The van der Waals surface area contributed by atoms with Crippen molar-refractivity contribution in [3.05, 3.63) is 34.3 Å². The van der Waals surface area contributed by atoms with E-state index in [1.54, 1.807) is 18.2 Å². The predicted molar refractivity (Wildman–Crippen MR) is 73.1 cm³/mol. The second kappa shape index (κ2) is 7.36. The van der Waals surface area contributed by atoms with Gasteiger partial charge in [0.05, 0.1) is 12.7 Å². The third kappa shape index (κ3) is 4.29. The van der Waals surface area contributed by atoms with E-state index in [9.17, 15) is 4.79 Å². The van der Waals surface area contributed by atoms with Crippen LogP contribution in [0.3, 0.4) is 0 Å². The van der Waals surface area contributed by atoms with Gasteiger partial charge in [-0.25, -0.2) is 4.79 Å². The van der Waals surface area contributed by atoms with Crippen molar-refractivity contribution in [1.82, 2.24) is 10.2 Å². The first-order valence-corrected chi connectivity index (χ1v) is 6.16. The predicted octanol–water partition coefficient (Wildman–Crippen LogP) is 1.78. The van der Waals surface area contributed by atoms with Crippen molar-refractivity contribution in [2.75, 3.05) is 34.3 Å². The fraction of sp³-hybridized carbons (Fsp3) is 0.462. The second-order valence-corrected chi connectivity index (χ2v) is 4.55. The molecule has 0 heterocycles. The number of nitrogens with zero attached hydrogens (tertiary/aromatic N) is 1. The fourth-order valence-corrected chi connectivity index (χ4v) is 1.79. The number of hydrogen-bond donors (Lipinski definition) is 1. The van der Waals surface area contributed by atoms with E-state index in [0.29, 0.717) is 17.1 Å². The molecule has 0 fully saturated rings. The Morgan fingerprint density at radius 2 is 2.22 bits per heavy atom. The first-order valence-electron chi connectivity index (χ1n) is 5.78. The molecule has 0 aromatic heterocycles. The van der Waals surface area contributed by atoms with Crippen LogP contribution in [0.4, 0.5) is 0 Å². The van der Waals surface area contributed by atoms with Gasteiger partial charge < -0.3 is 15.0 Å². The van der Waals surface area contributed by atoms with Crippen LogP contribution < -0.4 is 5.32 Å². The molecule has 1 aromatic carbocycles. The van der Waals surface area contributed by atoms with Crippen LogP contribution in [0.1, 0.15) is 15.9 Å². The highest BCUT2D eigenvalue weighted by Crippen LogP contribution is 2.19. The molecule has 4 nitrogen and oxygen atoms in total. The largest absolute Gasteiger partial charge is 0.465 e. The maximum absolute atomic E-state index is 11.4. The molecule has 0 spiro atoms. The van der Waals surface area contributed by atoms with Crippen LogP contribution in [-0.2, 0) is 11.3 Å². The van der Waals surface area contributed by atoms with Crippen molar-refractivity contribution in [3.8, 4) is 0 Å². The van der Waals surface area contributed by atoms with Crippen LogP contribution >= 0.6 is 11.6 Å². The number of likely N-dealkylation sites (N-methyl/N-ethyl adjacent to an activating group) is 2. The Balaban J connectivity index is 2.77. The molecule has 0 aliphatic rings. The molecule has 0 aliphatic carbocycles. The lowest BCUT2D eigenvalue weighted by Gasteiger charge is -2.17. The van der Waals surface area contributed by atoms with Gasteiger partial charge in [0.1, 0.15) is 0 Å². The number of carbonyl (C=O) groups is 1. The maximum Gasteiger partial charge on any atom is 0.337 e. The van der Waals surface area contributed by atoms with Crippen molar-refractivity contribution < 1.29 is 9.53 Å². The maximum atomic E-state index is 11.4. The molecule has 0 aliphatic heterocycles. The first-order chi connectivity index (χ1) is 8.58. The quantitative estimate of drug-likeness (QED) is 0.800. The van der Waals surface area contributed by atoms with E-state index in [-0.39, 0.29) is 5.97 Å². The van der Waals surface area contributed by atoms with Gasteiger partial charge in [0.2, 0.25) is 0 Å². The van der Waals surface area contributed by atoms with Crippen molar-refractivity contribution in [1.29, 1.82) is 0 Å². The minimum Gasteiger partial charge on any atom is -0.465 e. The summed E-state index contributed by atoms with van der Waals surface area (Å²) >= 11 is 6.13. The Bertz CT molecular complexity index is 410. The summed E-state index contributed by atoms with van der Waals surface area (Å²) in [6, 6.07) is 5.18. The molecule has 5 heteroatoms. The van der Waals surface area contributed by atoms with Crippen LogP contribution in [0.5, 0.6) is 0 Å². The van der Waals surface area contributed by atoms with Crippen LogP contribution in [0, 0.1) is 0 Å². The summed E-state index contributed by atoms with van der Waals surface area (Å²) in [5.41, 5.74) is 1.46. The van der Waals surface area contributed by atoms with Gasteiger partial charge in [0.15, 0.2) is 0 Å². The molecule has 1 N–H and O–H groups in total. The zero-order chi connectivity index (χ0) is 13.5. The van der Waals surface area contributed by atoms with Crippen molar-refractivity contribution in [3.63, 3.8) is 0 Å². The normalized spacial score (nSPS) is 10.7. The van der Waals surface area contributed by atoms with Gasteiger partial charge in [0, 0.05) is 24.7 Å². The van der Waals surface area contributed by atoms with Gasteiger partial charge >= 0.3 is 5.97 Å². The van der Waals surface area contributed by atoms with Gasteiger partial charge in [-0.3, -0.25) is 0 Å². The third-order valence-corrected chi connectivity index (χ3v) is 3.02. The van der Waals surface area contributed by atoms with Gasteiger partial charge in [-0.15, -0.1) is 0 Å². The number of benzene rings is 1. The molecule has 18 heavy (non-hydrogen) atoms. The second-order valence-electron chi connectivity index (χ2n) is 4.14. The molecular formula is C13H19ClN2O2. The Kier molecular flexibility index (Phi) is 6.12. The van der Waals surface area contributed by atoms with E-state index in [4.69, 9.17) is 16.3 Å². The zero-order valence-corrected chi connectivity index (χ0v) is 11.8. The highest BCUT2D eigenvalue weighted by molar-refractivity contribution is 6.31. The Morgan fingerprint density at radius 3 is 2.83 bits per heavy atom. The van der Waals surface area contributed by atoms with Gasteiger partial charge in [-0.2, -0.15) is 0 Å². The monoisotopic (exact) mass is 270 g/mol. The molecule has 0 amide bonds. The summed E-state index contributed by atoms with van der Waals surface area (Å²) < 4.78 is 4.70. The molecule has 1 rings (SSSR count). The lowest BCUT2D eigenvalue weighted by Crippen LogP contribution is -2.27. The number of nitrogens with one attached hydrogen (secondary N) is 1. The lowest BCUT2D eigenvalue weighted by atomic mass is 10.1. The number of halogens is 1. The lowest BCUT2D eigenvalue weighted by molar-refractivity contribution is 0.0600. The first kappa shape index (κ1) is 15.0. The minimum absolute atomic E-state index is 0.342. The minimum atomic E-state index is -0.342. The van der Waals surface area contributed by atoms with Gasteiger partial charge in [-0.1, -0.05) is 11.6 Å². The van der Waals surface area contributed by atoms with E-state index in [0.717, 1.165) is 18.7 Å². The van der Waals surface area contributed by atoms with E-state index in [1.807, 2.05) is 14.1 Å². The summed E-state index contributed by atoms with van der Waals surface area (Å²) in [6.07, 6.45) is 0. The number of carbonyl (C=O) groups excluding carboxylic acids is 1. The molecule has 1 aromatic rings.